The van der Waals surface area contributed by atoms with Crippen LogP contribution in [0.4, 0.5) is 0 Å². The Morgan fingerprint density at radius 3 is 2.72 bits per heavy atom. The van der Waals surface area contributed by atoms with Crippen molar-refractivity contribution in [1.82, 2.24) is 19.6 Å². The number of pyridine rings is 1. The number of carbonyl (C=O) groups excluding carboxylic acids is 1. The van der Waals surface area contributed by atoms with Crippen molar-refractivity contribution in [1.29, 1.82) is 0 Å². The molecule has 0 saturated carbocycles. The van der Waals surface area contributed by atoms with E-state index in [1.807, 2.05) is 44.0 Å². The SMILES string of the molecule is Cc1cccn2c(CNC(C)CCCC(C)(C)O)c(C(=O)N3CCCCC3)nc12. The molecule has 0 aliphatic carbocycles. The first kappa shape index (κ1) is 21.8. The molecule has 1 unspecified atom stereocenters. The molecule has 1 aliphatic heterocycles. The van der Waals surface area contributed by atoms with Crippen LogP contribution >= 0.6 is 0 Å². The second kappa shape index (κ2) is 9.26. The fourth-order valence-corrected chi connectivity index (χ4v) is 4.05. The summed E-state index contributed by atoms with van der Waals surface area (Å²) in [6.07, 6.45) is 8.07. The number of likely N-dealkylation sites (tertiary alicyclic amines) is 1. The lowest BCUT2D eigenvalue weighted by Gasteiger charge is -2.26. The maximum absolute atomic E-state index is 13.2. The van der Waals surface area contributed by atoms with Crippen LogP contribution < -0.4 is 5.32 Å². The van der Waals surface area contributed by atoms with Crippen molar-refractivity contribution in [2.45, 2.75) is 84.4 Å². The Kier molecular flexibility index (Phi) is 6.96. The van der Waals surface area contributed by atoms with E-state index in [0.717, 1.165) is 62.1 Å². The molecule has 0 spiro atoms. The van der Waals surface area contributed by atoms with Crippen molar-refractivity contribution < 1.29 is 9.90 Å². The summed E-state index contributed by atoms with van der Waals surface area (Å²) in [5.74, 6) is 0.0549. The van der Waals surface area contributed by atoms with E-state index in [0.29, 0.717) is 18.3 Å². The molecule has 0 bridgehead atoms. The van der Waals surface area contributed by atoms with Crippen LogP contribution in [0.15, 0.2) is 18.3 Å². The monoisotopic (exact) mass is 400 g/mol. The molecule has 6 nitrogen and oxygen atoms in total. The maximum atomic E-state index is 13.2. The zero-order valence-electron chi connectivity index (χ0n) is 18.4. The third-order valence-electron chi connectivity index (χ3n) is 5.83. The average molecular weight is 401 g/mol. The van der Waals surface area contributed by atoms with Crippen molar-refractivity contribution >= 4 is 11.6 Å². The Bertz CT molecular complexity index is 831. The lowest BCUT2D eigenvalue weighted by atomic mass is 10.00. The second-order valence-corrected chi connectivity index (χ2v) is 9.13. The molecule has 29 heavy (non-hydrogen) atoms. The van der Waals surface area contributed by atoms with Gasteiger partial charge in [-0.05, 0) is 77.8 Å². The van der Waals surface area contributed by atoms with Gasteiger partial charge in [-0.2, -0.15) is 0 Å². The Morgan fingerprint density at radius 2 is 2.03 bits per heavy atom. The molecular weight excluding hydrogens is 364 g/mol. The molecule has 1 amide bonds. The molecule has 160 valence electrons. The fourth-order valence-electron chi connectivity index (χ4n) is 4.05. The first-order valence-electron chi connectivity index (χ1n) is 11.0. The average Bonchev–Trinajstić information content (AvgIpc) is 3.05. The van der Waals surface area contributed by atoms with E-state index in [-0.39, 0.29) is 5.91 Å². The molecule has 1 saturated heterocycles. The summed E-state index contributed by atoms with van der Waals surface area (Å²) in [5, 5.41) is 13.5. The van der Waals surface area contributed by atoms with E-state index in [2.05, 4.69) is 16.6 Å². The quantitative estimate of drug-likeness (QED) is 0.709. The van der Waals surface area contributed by atoms with Gasteiger partial charge in [-0.1, -0.05) is 6.07 Å². The number of imidazole rings is 1. The van der Waals surface area contributed by atoms with Crippen LogP contribution in [-0.4, -0.2) is 50.0 Å². The van der Waals surface area contributed by atoms with Gasteiger partial charge in [-0.15, -0.1) is 0 Å². The number of rotatable bonds is 8. The van der Waals surface area contributed by atoms with Gasteiger partial charge in [0.15, 0.2) is 5.69 Å². The van der Waals surface area contributed by atoms with Crippen LogP contribution in [-0.2, 0) is 6.54 Å². The molecule has 2 N–H and O–H groups in total. The van der Waals surface area contributed by atoms with Crippen LogP contribution in [0.2, 0.25) is 0 Å². The minimum absolute atomic E-state index is 0.0549. The van der Waals surface area contributed by atoms with E-state index < -0.39 is 5.60 Å². The first-order chi connectivity index (χ1) is 13.8. The van der Waals surface area contributed by atoms with Crippen LogP contribution in [0, 0.1) is 6.92 Å². The number of amides is 1. The summed E-state index contributed by atoms with van der Waals surface area (Å²) in [4.78, 5) is 19.9. The van der Waals surface area contributed by atoms with Gasteiger partial charge in [0.2, 0.25) is 0 Å². The van der Waals surface area contributed by atoms with Gasteiger partial charge in [-0.3, -0.25) is 4.79 Å². The number of aryl methyl sites for hydroxylation is 1. The van der Waals surface area contributed by atoms with Gasteiger partial charge in [0, 0.05) is 31.9 Å². The molecule has 1 aliphatic rings. The number of fused-ring (bicyclic) bond motifs is 1. The van der Waals surface area contributed by atoms with Crippen molar-refractivity contribution in [3.05, 3.63) is 35.3 Å². The van der Waals surface area contributed by atoms with Crippen molar-refractivity contribution in [2.75, 3.05) is 13.1 Å². The standard InChI is InChI=1S/C23H36N4O2/c1-17-10-9-15-27-19(16-24-18(2)11-8-12-23(3,4)29)20(25-21(17)27)22(28)26-13-6-5-7-14-26/h9-10,15,18,24,29H,5-8,11-14,16H2,1-4H3. The highest BCUT2D eigenvalue weighted by Crippen LogP contribution is 2.20. The van der Waals surface area contributed by atoms with Crippen LogP contribution in [0.25, 0.3) is 5.65 Å². The molecule has 0 aromatic carbocycles. The highest BCUT2D eigenvalue weighted by Gasteiger charge is 2.25. The van der Waals surface area contributed by atoms with E-state index in [9.17, 15) is 9.90 Å². The predicted octanol–water partition coefficient (Wildman–Crippen LogP) is 3.69. The molecule has 0 radical (unpaired) electrons. The third kappa shape index (κ3) is 5.58. The number of piperidine rings is 1. The Balaban J connectivity index is 1.76. The van der Waals surface area contributed by atoms with Gasteiger partial charge in [-0.25, -0.2) is 4.98 Å². The minimum Gasteiger partial charge on any atom is -0.390 e. The lowest BCUT2D eigenvalue weighted by molar-refractivity contribution is 0.0673. The number of hydrogen-bond donors (Lipinski definition) is 2. The highest BCUT2D eigenvalue weighted by atomic mass is 16.3. The van der Waals surface area contributed by atoms with Gasteiger partial charge in [0.25, 0.3) is 5.91 Å². The molecular formula is C23H36N4O2. The van der Waals surface area contributed by atoms with Crippen LogP contribution in [0.1, 0.15) is 81.0 Å². The summed E-state index contributed by atoms with van der Waals surface area (Å²) in [6, 6.07) is 4.34. The Hall–Kier alpha value is -1.92. The number of aromatic nitrogens is 2. The zero-order chi connectivity index (χ0) is 21.0. The van der Waals surface area contributed by atoms with Crippen molar-refractivity contribution in [3.63, 3.8) is 0 Å². The summed E-state index contributed by atoms with van der Waals surface area (Å²) >= 11 is 0. The van der Waals surface area contributed by atoms with E-state index in [1.165, 1.54) is 6.42 Å². The molecule has 3 heterocycles. The largest absolute Gasteiger partial charge is 0.390 e. The summed E-state index contributed by atoms with van der Waals surface area (Å²) in [5.41, 5.74) is 2.84. The van der Waals surface area contributed by atoms with E-state index in [4.69, 9.17) is 4.98 Å². The second-order valence-electron chi connectivity index (χ2n) is 9.13. The highest BCUT2D eigenvalue weighted by molar-refractivity contribution is 5.94. The van der Waals surface area contributed by atoms with E-state index in [1.54, 1.807) is 0 Å². The third-order valence-corrected chi connectivity index (χ3v) is 5.83. The van der Waals surface area contributed by atoms with E-state index >= 15 is 0 Å². The first-order valence-corrected chi connectivity index (χ1v) is 11.0. The summed E-state index contributed by atoms with van der Waals surface area (Å²) in [7, 11) is 0. The van der Waals surface area contributed by atoms with Crippen LogP contribution in [0.5, 0.6) is 0 Å². The van der Waals surface area contributed by atoms with Gasteiger partial charge in [0.05, 0.1) is 11.3 Å². The molecule has 2 aromatic rings. The topological polar surface area (TPSA) is 69.9 Å². The van der Waals surface area contributed by atoms with Gasteiger partial charge >= 0.3 is 0 Å². The molecule has 1 fully saturated rings. The van der Waals surface area contributed by atoms with Crippen molar-refractivity contribution in [3.8, 4) is 0 Å². The lowest BCUT2D eigenvalue weighted by Crippen LogP contribution is -2.37. The number of carbonyl (C=O) groups is 1. The van der Waals surface area contributed by atoms with Crippen molar-refractivity contribution in [2.24, 2.45) is 0 Å². The van der Waals surface area contributed by atoms with Gasteiger partial charge in [0.1, 0.15) is 5.65 Å². The Morgan fingerprint density at radius 1 is 1.31 bits per heavy atom. The maximum Gasteiger partial charge on any atom is 0.274 e. The molecule has 1 atom stereocenters. The van der Waals surface area contributed by atoms with Crippen LogP contribution in [0.3, 0.4) is 0 Å². The number of nitrogens with one attached hydrogen (secondary N) is 1. The molecule has 2 aromatic heterocycles. The predicted molar refractivity (Wildman–Crippen MR) is 116 cm³/mol. The zero-order valence-corrected chi connectivity index (χ0v) is 18.4. The number of aliphatic hydroxyl groups is 1. The summed E-state index contributed by atoms with van der Waals surface area (Å²) in [6.45, 7) is 10.1. The number of nitrogens with zero attached hydrogens (tertiary/aromatic N) is 3. The minimum atomic E-state index is -0.618. The fraction of sp³-hybridized carbons (Fsp3) is 0.652. The number of hydrogen-bond acceptors (Lipinski definition) is 4. The normalized spacial score (nSPS) is 16.4. The summed E-state index contributed by atoms with van der Waals surface area (Å²) < 4.78 is 2.06. The molecule has 6 heteroatoms. The molecule has 3 rings (SSSR count). The smallest absolute Gasteiger partial charge is 0.274 e. The Labute approximate surface area is 174 Å². The van der Waals surface area contributed by atoms with Gasteiger partial charge < -0.3 is 19.7 Å².